The third-order valence-electron chi connectivity index (χ3n) is 3.07. The summed E-state index contributed by atoms with van der Waals surface area (Å²) in [6, 6.07) is 2.06. The molecule has 3 aromatic rings. The van der Waals surface area contributed by atoms with Crippen molar-refractivity contribution in [1.82, 2.24) is 30.0 Å². The van der Waals surface area contributed by atoms with Crippen LogP contribution in [-0.2, 0) is 5.75 Å². The average molecular weight is 322 g/mol. The van der Waals surface area contributed by atoms with Crippen LogP contribution in [0.5, 0.6) is 0 Å². The molecule has 112 valence electrons. The van der Waals surface area contributed by atoms with E-state index in [0.717, 1.165) is 38.7 Å². The normalized spacial score (nSPS) is 11.8. The molecule has 1 N–H and O–H groups in total. The van der Waals surface area contributed by atoms with Crippen molar-refractivity contribution in [3.05, 3.63) is 17.6 Å². The average Bonchev–Trinajstić information content (AvgIpc) is 3.13. The molecular formula is C13H18N6S2. The summed E-state index contributed by atoms with van der Waals surface area (Å²) in [6.07, 6.45) is 1.17. The summed E-state index contributed by atoms with van der Waals surface area (Å²) < 4.78 is 1.84. The lowest BCUT2D eigenvalue weighted by atomic mass is 10.1. The summed E-state index contributed by atoms with van der Waals surface area (Å²) in [5, 5.41) is 21.3. The first-order chi connectivity index (χ1) is 10.2. The second-order valence-electron chi connectivity index (χ2n) is 5.13. The zero-order chi connectivity index (χ0) is 14.8. The van der Waals surface area contributed by atoms with Crippen LogP contribution >= 0.6 is 23.1 Å². The lowest BCUT2D eigenvalue weighted by Gasteiger charge is -1.96. The van der Waals surface area contributed by atoms with E-state index >= 15 is 0 Å². The van der Waals surface area contributed by atoms with E-state index in [1.165, 1.54) is 17.8 Å². The number of nitrogens with one attached hydrogen (secondary N) is 1. The van der Waals surface area contributed by atoms with E-state index in [2.05, 4.69) is 52.3 Å². The van der Waals surface area contributed by atoms with Crippen LogP contribution < -0.4 is 0 Å². The van der Waals surface area contributed by atoms with Crippen LogP contribution in [0.1, 0.15) is 44.6 Å². The van der Waals surface area contributed by atoms with E-state index in [9.17, 15) is 0 Å². The monoisotopic (exact) mass is 322 g/mol. The molecule has 0 aromatic carbocycles. The smallest absolute Gasteiger partial charge is 0.235 e. The minimum absolute atomic E-state index is 0.429. The number of H-pyrrole nitrogens is 1. The summed E-state index contributed by atoms with van der Waals surface area (Å²) in [6.45, 7) is 6.45. The van der Waals surface area contributed by atoms with Crippen molar-refractivity contribution >= 4 is 28.1 Å². The molecule has 0 atom stereocenters. The van der Waals surface area contributed by atoms with Gasteiger partial charge in [0.15, 0.2) is 10.8 Å². The van der Waals surface area contributed by atoms with Crippen molar-refractivity contribution in [3.63, 3.8) is 0 Å². The molecule has 0 amide bonds. The number of hydrogen-bond acceptors (Lipinski definition) is 6. The first-order valence-electron chi connectivity index (χ1n) is 7.03. The molecule has 0 saturated heterocycles. The number of thioether (sulfide) groups is 1. The molecule has 6 nitrogen and oxygen atoms in total. The molecule has 8 heteroatoms. The van der Waals surface area contributed by atoms with Crippen LogP contribution in [0.3, 0.4) is 0 Å². The van der Waals surface area contributed by atoms with Gasteiger partial charge < -0.3 is 0 Å². The highest BCUT2D eigenvalue weighted by molar-refractivity contribution is 7.98. The SMILES string of the molecule is CCCSCc1nnc2sc(-c3cc(C(C)C)[nH]n3)nn12. The van der Waals surface area contributed by atoms with Crippen LogP contribution in [0.4, 0.5) is 0 Å². The third-order valence-corrected chi connectivity index (χ3v) is 5.15. The Kier molecular flexibility index (Phi) is 4.25. The first-order valence-corrected chi connectivity index (χ1v) is 9.00. The van der Waals surface area contributed by atoms with E-state index in [-0.39, 0.29) is 0 Å². The van der Waals surface area contributed by atoms with Crippen molar-refractivity contribution < 1.29 is 0 Å². The first kappa shape index (κ1) is 14.5. The van der Waals surface area contributed by atoms with Crippen LogP contribution in [0.15, 0.2) is 6.07 Å². The largest absolute Gasteiger partial charge is 0.282 e. The molecule has 0 saturated carbocycles. The topological polar surface area (TPSA) is 71.8 Å². The minimum atomic E-state index is 0.429. The van der Waals surface area contributed by atoms with Crippen LogP contribution in [0.25, 0.3) is 15.7 Å². The second-order valence-corrected chi connectivity index (χ2v) is 7.19. The van der Waals surface area contributed by atoms with Gasteiger partial charge in [0.05, 0.1) is 5.75 Å². The number of aromatic amines is 1. The molecule has 0 spiro atoms. The summed E-state index contributed by atoms with van der Waals surface area (Å²) in [5.41, 5.74) is 2.00. The minimum Gasteiger partial charge on any atom is -0.282 e. The Bertz CT molecular complexity index is 726. The maximum atomic E-state index is 4.61. The molecular weight excluding hydrogens is 304 g/mol. The Hall–Kier alpha value is -1.41. The van der Waals surface area contributed by atoms with Crippen molar-refractivity contribution in [2.75, 3.05) is 5.75 Å². The lowest BCUT2D eigenvalue weighted by Crippen LogP contribution is -1.94. The van der Waals surface area contributed by atoms with E-state index < -0.39 is 0 Å². The van der Waals surface area contributed by atoms with E-state index in [1.54, 1.807) is 0 Å². The van der Waals surface area contributed by atoms with Gasteiger partial charge in [0.1, 0.15) is 5.69 Å². The number of rotatable bonds is 6. The van der Waals surface area contributed by atoms with Gasteiger partial charge >= 0.3 is 0 Å². The van der Waals surface area contributed by atoms with Crippen molar-refractivity contribution in [2.45, 2.75) is 38.9 Å². The molecule has 3 aromatic heterocycles. The third kappa shape index (κ3) is 2.96. The number of fused-ring (bicyclic) bond motifs is 1. The standard InChI is InChI=1S/C13H18N6S2/c1-4-5-20-7-11-16-17-13-19(11)18-12(21-13)10-6-9(8(2)3)14-15-10/h6,8H,4-5,7H2,1-3H3,(H,14,15). The fourth-order valence-electron chi connectivity index (χ4n) is 1.90. The van der Waals surface area contributed by atoms with Crippen LogP contribution in [0.2, 0.25) is 0 Å². The Balaban J connectivity index is 1.86. The van der Waals surface area contributed by atoms with E-state index in [0.29, 0.717) is 5.92 Å². The highest BCUT2D eigenvalue weighted by Gasteiger charge is 2.15. The molecule has 0 unspecified atom stereocenters. The Morgan fingerprint density at radius 2 is 2.24 bits per heavy atom. The maximum Gasteiger partial charge on any atom is 0.235 e. The van der Waals surface area contributed by atoms with Crippen molar-refractivity contribution in [2.24, 2.45) is 0 Å². The van der Waals surface area contributed by atoms with Gasteiger partial charge in [-0.2, -0.15) is 26.5 Å². The molecule has 0 radical (unpaired) electrons. The number of aromatic nitrogens is 6. The molecule has 0 aliphatic rings. The predicted molar refractivity (Wildman–Crippen MR) is 86.8 cm³/mol. The zero-order valence-corrected chi connectivity index (χ0v) is 14.0. The Morgan fingerprint density at radius 3 is 2.95 bits per heavy atom. The summed E-state index contributed by atoms with van der Waals surface area (Å²) in [7, 11) is 0. The molecule has 0 aliphatic carbocycles. The van der Waals surface area contributed by atoms with Crippen molar-refractivity contribution in [1.29, 1.82) is 0 Å². The molecule has 21 heavy (non-hydrogen) atoms. The lowest BCUT2D eigenvalue weighted by molar-refractivity contribution is 0.810. The fraction of sp³-hybridized carbons (Fsp3) is 0.538. The molecule has 3 rings (SSSR count). The summed E-state index contributed by atoms with van der Waals surface area (Å²) >= 11 is 3.38. The summed E-state index contributed by atoms with van der Waals surface area (Å²) in [4.78, 5) is 0.825. The Labute approximate surface area is 131 Å². The van der Waals surface area contributed by atoms with E-state index in [4.69, 9.17) is 0 Å². The predicted octanol–water partition coefficient (Wildman–Crippen LogP) is 3.34. The molecule has 3 heterocycles. The quantitative estimate of drug-likeness (QED) is 0.705. The highest BCUT2D eigenvalue weighted by Crippen LogP contribution is 2.26. The van der Waals surface area contributed by atoms with E-state index in [1.807, 2.05) is 16.3 Å². The molecule has 0 fully saturated rings. The second kappa shape index (κ2) is 6.15. The van der Waals surface area contributed by atoms with Gasteiger partial charge in [-0.3, -0.25) is 5.10 Å². The Morgan fingerprint density at radius 1 is 1.38 bits per heavy atom. The van der Waals surface area contributed by atoms with Gasteiger partial charge in [0.25, 0.3) is 0 Å². The fourth-order valence-corrected chi connectivity index (χ4v) is 3.52. The number of hydrogen-bond donors (Lipinski definition) is 1. The van der Waals surface area contributed by atoms with Crippen LogP contribution in [-0.4, -0.2) is 35.8 Å². The van der Waals surface area contributed by atoms with Gasteiger partial charge in [0, 0.05) is 5.69 Å². The van der Waals surface area contributed by atoms with Gasteiger partial charge in [0.2, 0.25) is 4.96 Å². The van der Waals surface area contributed by atoms with Gasteiger partial charge in [-0.15, -0.1) is 10.2 Å². The van der Waals surface area contributed by atoms with Gasteiger partial charge in [-0.05, 0) is 24.2 Å². The van der Waals surface area contributed by atoms with Crippen LogP contribution in [0, 0.1) is 0 Å². The maximum absolute atomic E-state index is 4.61. The van der Waals surface area contributed by atoms with Crippen molar-refractivity contribution in [3.8, 4) is 10.7 Å². The van der Waals surface area contributed by atoms with Gasteiger partial charge in [-0.25, -0.2) is 0 Å². The number of nitrogens with zero attached hydrogens (tertiary/aromatic N) is 5. The van der Waals surface area contributed by atoms with Gasteiger partial charge in [-0.1, -0.05) is 32.1 Å². The summed E-state index contributed by atoms with van der Waals surface area (Å²) in [5.74, 6) is 3.31. The highest BCUT2D eigenvalue weighted by atomic mass is 32.2. The molecule has 0 bridgehead atoms. The zero-order valence-electron chi connectivity index (χ0n) is 12.3. The molecule has 0 aliphatic heterocycles.